The molecule has 2 fully saturated rings. The van der Waals surface area contributed by atoms with Gasteiger partial charge in [0.15, 0.2) is 0 Å². The Balaban J connectivity index is 1.20. The van der Waals surface area contributed by atoms with E-state index in [2.05, 4.69) is 89.4 Å². The van der Waals surface area contributed by atoms with E-state index in [0.29, 0.717) is 11.8 Å². The summed E-state index contributed by atoms with van der Waals surface area (Å²) in [5, 5.41) is 0. The fourth-order valence-corrected chi connectivity index (χ4v) is 4.48. The van der Waals surface area contributed by atoms with E-state index >= 15 is 0 Å². The highest BCUT2D eigenvalue weighted by Gasteiger charge is 2.41. The van der Waals surface area contributed by atoms with Crippen molar-refractivity contribution in [3.8, 4) is 0 Å². The fourth-order valence-electron chi connectivity index (χ4n) is 4.48. The molecule has 2 aliphatic heterocycles. The Morgan fingerprint density at radius 2 is 1.06 bits per heavy atom. The summed E-state index contributed by atoms with van der Waals surface area (Å²) in [6.07, 6.45) is 4.02. The molecular formula is C29H36O2. The summed E-state index contributed by atoms with van der Waals surface area (Å²) in [6, 6.07) is 17.4. The molecule has 31 heavy (non-hydrogen) atoms. The maximum Gasteiger partial charge on any atom is 0.109 e. The highest BCUT2D eigenvalue weighted by atomic mass is 16.6. The van der Waals surface area contributed by atoms with Crippen molar-refractivity contribution in [3.63, 3.8) is 0 Å². The van der Waals surface area contributed by atoms with Crippen LogP contribution in [-0.2, 0) is 9.47 Å². The SMILES string of the molecule is C=C(C[C@@H]1O[C@@H]1c1ccc(C)cc1)C(C)CC(C)C(=C)C[C@@H]1O[C@H]1c1ccc(C)cc1. The number of ether oxygens (including phenoxy) is 2. The third-order valence-corrected chi connectivity index (χ3v) is 7.00. The number of epoxide rings is 2. The molecule has 0 radical (unpaired) electrons. The summed E-state index contributed by atoms with van der Waals surface area (Å²) in [4.78, 5) is 0. The molecule has 2 saturated heterocycles. The molecule has 164 valence electrons. The molecule has 2 heterocycles. The fraction of sp³-hybridized carbons (Fsp3) is 0.448. The third kappa shape index (κ3) is 5.56. The minimum atomic E-state index is 0.239. The van der Waals surface area contributed by atoms with Gasteiger partial charge in [0.2, 0.25) is 0 Å². The van der Waals surface area contributed by atoms with Gasteiger partial charge in [-0.2, -0.15) is 0 Å². The molecule has 2 unspecified atom stereocenters. The first-order valence-electron chi connectivity index (χ1n) is 11.6. The summed E-state index contributed by atoms with van der Waals surface area (Å²) in [5.74, 6) is 0.922. The van der Waals surface area contributed by atoms with Crippen molar-refractivity contribution >= 4 is 0 Å². The van der Waals surface area contributed by atoms with Crippen LogP contribution in [0.4, 0.5) is 0 Å². The average molecular weight is 417 g/mol. The predicted molar refractivity (Wildman–Crippen MR) is 128 cm³/mol. The van der Waals surface area contributed by atoms with Crippen molar-refractivity contribution < 1.29 is 9.47 Å². The standard InChI is InChI=1S/C29H36O2/c1-18-7-11-24(12-8-18)28-26(30-28)16-22(5)20(3)15-21(4)23(6)17-27-29(31-27)25-13-9-19(2)10-14-25/h7-14,20-21,26-29H,5-6,15-17H2,1-4H3/t20?,21?,26-,27-,28-,29+/m0/s1. The molecule has 0 aromatic heterocycles. The second-order valence-corrected chi connectivity index (χ2v) is 9.77. The van der Waals surface area contributed by atoms with Crippen LogP contribution >= 0.6 is 0 Å². The van der Waals surface area contributed by atoms with E-state index in [4.69, 9.17) is 9.47 Å². The van der Waals surface area contributed by atoms with E-state index in [1.165, 1.54) is 33.4 Å². The molecule has 0 bridgehead atoms. The summed E-state index contributed by atoms with van der Waals surface area (Å²) in [5.41, 5.74) is 7.72. The molecule has 2 aromatic rings. The minimum Gasteiger partial charge on any atom is -0.364 e. The highest BCUT2D eigenvalue weighted by Crippen LogP contribution is 2.45. The van der Waals surface area contributed by atoms with Crippen LogP contribution in [0.2, 0.25) is 0 Å². The van der Waals surface area contributed by atoms with Crippen LogP contribution in [0.15, 0.2) is 72.8 Å². The number of aryl methyl sites for hydroxylation is 2. The van der Waals surface area contributed by atoms with Gasteiger partial charge in [-0.1, -0.05) is 97.8 Å². The van der Waals surface area contributed by atoms with Crippen LogP contribution < -0.4 is 0 Å². The first-order chi connectivity index (χ1) is 14.8. The van der Waals surface area contributed by atoms with Gasteiger partial charge in [0.05, 0.1) is 12.2 Å². The molecule has 4 rings (SSSR count). The zero-order valence-electron chi connectivity index (χ0n) is 19.4. The Kier molecular flexibility index (Phi) is 6.50. The topological polar surface area (TPSA) is 25.1 Å². The first-order valence-corrected chi connectivity index (χ1v) is 11.6. The second kappa shape index (κ2) is 9.14. The molecule has 2 aromatic carbocycles. The van der Waals surface area contributed by atoms with E-state index in [9.17, 15) is 0 Å². The molecule has 0 amide bonds. The summed E-state index contributed by atoms with van der Waals surface area (Å²) < 4.78 is 11.9. The van der Waals surface area contributed by atoms with Gasteiger partial charge in [0.25, 0.3) is 0 Å². The quantitative estimate of drug-likeness (QED) is 0.297. The first kappa shape index (κ1) is 22.0. The highest BCUT2D eigenvalue weighted by molar-refractivity contribution is 5.28. The average Bonchev–Trinajstić information content (AvgIpc) is 3.66. The molecule has 0 saturated carbocycles. The number of hydrogen-bond acceptors (Lipinski definition) is 2. The van der Waals surface area contributed by atoms with E-state index < -0.39 is 0 Å². The molecule has 2 nitrogen and oxygen atoms in total. The third-order valence-electron chi connectivity index (χ3n) is 7.00. The molecule has 0 spiro atoms. The summed E-state index contributed by atoms with van der Waals surface area (Å²) in [7, 11) is 0. The summed E-state index contributed by atoms with van der Waals surface area (Å²) in [6.45, 7) is 17.6. The predicted octanol–water partition coefficient (Wildman–Crippen LogP) is 7.44. The Hall–Kier alpha value is -2.16. The Morgan fingerprint density at radius 1 is 0.710 bits per heavy atom. The molecule has 0 N–H and O–H groups in total. The van der Waals surface area contributed by atoms with E-state index in [0.717, 1.165) is 19.3 Å². The van der Waals surface area contributed by atoms with Crippen LogP contribution in [0.1, 0.15) is 67.6 Å². The van der Waals surface area contributed by atoms with Crippen LogP contribution in [0.3, 0.4) is 0 Å². The van der Waals surface area contributed by atoms with Crippen LogP contribution in [-0.4, -0.2) is 12.2 Å². The Labute approximate surface area is 188 Å². The van der Waals surface area contributed by atoms with Crippen molar-refractivity contribution in [2.24, 2.45) is 11.8 Å². The van der Waals surface area contributed by atoms with Gasteiger partial charge < -0.3 is 9.47 Å². The molecular weight excluding hydrogens is 380 g/mol. The Morgan fingerprint density at radius 3 is 1.42 bits per heavy atom. The second-order valence-electron chi connectivity index (χ2n) is 9.77. The van der Waals surface area contributed by atoms with Gasteiger partial charge in [-0.15, -0.1) is 0 Å². The van der Waals surface area contributed by atoms with Gasteiger partial charge in [-0.05, 0) is 56.1 Å². The molecule has 6 atom stereocenters. The summed E-state index contributed by atoms with van der Waals surface area (Å²) >= 11 is 0. The van der Waals surface area contributed by atoms with Gasteiger partial charge in [0, 0.05) is 0 Å². The van der Waals surface area contributed by atoms with E-state index in [-0.39, 0.29) is 24.4 Å². The van der Waals surface area contributed by atoms with Crippen molar-refractivity contribution in [2.45, 2.75) is 71.4 Å². The normalized spacial score (nSPS) is 26.2. The van der Waals surface area contributed by atoms with Crippen LogP contribution in [0.5, 0.6) is 0 Å². The molecule has 2 aliphatic rings. The Bertz CT molecular complexity index is 847. The monoisotopic (exact) mass is 416 g/mol. The number of hydrogen-bond donors (Lipinski definition) is 0. The van der Waals surface area contributed by atoms with Gasteiger partial charge in [-0.3, -0.25) is 0 Å². The number of benzene rings is 2. The zero-order valence-corrected chi connectivity index (χ0v) is 19.4. The lowest BCUT2D eigenvalue weighted by Crippen LogP contribution is -2.10. The molecule has 0 aliphatic carbocycles. The van der Waals surface area contributed by atoms with Crippen molar-refractivity contribution in [3.05, 3.63) is 95.1 Å². The van der Waals surface area contributed by atoms with Crippen LogP contribution in [0.25, 0.3) is 0 Å². The van der Waals surface area contributed by atoms with E-state index in [1.54, 1.807) is 0 Å². The van der Waals surface area contributed by atoms with Crippen LogP contribution in [0, 0.1) is 25.7 Å². The van der Waals surface area contributed by atoms with Crippen molar-refractivity contribution in [1.82, 2.24) is 0 Å². The maximum atomic E-state index is 5.94. The molecule has 2 heteroatoms. The van der Waals surface area contributed by atoms with Gasteiger partial charge >= 0.3 is 0 Å². The van der Waals surface area contributed by atoms with Gasteiger partial charge in [0.1, 0.15) is 12.2 Å². The van der Waals surface area contributed by atoms with E-state index in [1.807, 2.05) is 0 Å². The van der Waals surface area contributed by atoms with Gasteiger partial charge in [-0.25, -0.2) is 0 Å². The lowest BCUT2D eigenvalue weighted by molar-refractivity contribution is 0.361. The van der Waals surface area contributed by atoms with Crippen molar-refractivity contribution in [2.75, 3.05) is 0 Å². The largest absolute Gasteiger partial charge is 0.364 e. The lowest BCUT2D eigenvalue weighted by atomic mass is 9.84. The smallest absolute Gasteiger partial charge is 0.109 e. The minimum absolute atomic E-state index is 0.239. The maximum absolute atomic E-state index is 5.94. The lowest BCUT2D eigenvalue weighted by Gasteiger charge is -2.21. The zero-order chi connectivity index (χ0) is 22.1. The number of rotatable bonds is 10. The van der Waals surface area contributed by atoms with Crippen molar-refractivity contribution in [1.29, 1.82) is 0 Å².